The van der Waals surface area contributed by atoms with Crippen LogP contribution in [0.1, 0.15) is 24.3 Å². The molecular formula is C14H20N4S. The van der Waals surface area contributed by atoms with E-state index in [9.17, 15) is 0 Å². The van der Waals surface area contributed by atoms with Gasteiger partial charge in [0, 0.05) is 30.4 Å². The Morgan fingerprint density at radius 2 is 2.05 bits per heavy atom. The molecule has 0 spiro atoms. The molecule has 0 radical (unpaired) electrons. The zero-order chi connectivity index (χ0) is 13.7. The first-order chi connectivity index (χ1) is 9.24. The van der Waals surface area contributed by atoms with Gasteiger partial charge in [0.1, 0.15) is 0 Å². The molecule has 2 rings (SSSR count). The predicted molar refractivity (Wildman–Crippen MR) is 82.0 cm³/mol. The minimum Gasteiger partial charge on any atom is -0.379 e. The third-order valence-electron chi connectivity index (χ3n) is 3.07. The average molecular weight is 276 g/mol. The van der Waals surface area contributed by atoms with Crippen molar-refractivity contribution in [2.45, 2.75) is 27.3 Å². The van der Waals surface area contributed by atoms with E-state index in [1.807, 2.05) is 24.7 Å². The molecule has 0 aliphatic carbocycles. The summed E-state index contributed by atoms with van der Waals surface area (Å²) in [4.78, 5) is 12.1. The maximum Gasteiger partial charge on any atom is 0.185 e. The fraction of sp³-hybridized carbons (Fsp3) is 0.429. The summed E-state index contributed by atoms with van der Waals surface area (Å²) in [5.41, 5.74) is 2.30. The standard InChI is InChI=1S/C14H20N4S/c1-4-18(5-2)14-17-9-12(19-14)8-16-13-10-15-7-6-11(13)3/h6-7,9-10,16H,4-5,8H2,1-3H3. The van der Waals surface area contributed by atoms with Crippen LogP contribution in [0.5, 0.6) is 0 Å². The maximum atomic E-state index is 4.48. The molecule has 0 saturated heterocycles. The van der Waals surface area contributed by atoms with Crippen LogP contribution >= 0.6 is 11.3 Å². The van der Waals surface area contributed by atoms with Gasteiger partial charge in [-0.1, -0.05) is 0 Å². The monoisotopic (exact) mass is 276 g/mol. The third-order valence-corrected chi connectivity index (χ3v) is 4.13. The summed E-state index contributed by atoms with van der Waals surface area (Å²) in [6, 6.07) is 2.01. The van der Waals surface area contributed by atoms with E-state index in [2.05, 4.69) is 41.0 Å². The Hall–Kier alpha value is -1.62. The Morgan fingerprint density at radius 3 is 2.74 bits per heavy atom. The fourth-order valence-corrected chi connectivity index (χ4v) is 2.83. The van der Waals surface area contributed by atoms with Crippen molar-refractivity contribution in [3.8, 4) is 0 Å². The Labute approximate surface area is 118 Å². The second kappa shape index (κ2) is 6.52. The van der Waals surface area contributed by atoms with Crippen molar-refractivity contribution in [2.24, 2.45) is 0 Å². The van der Waals surface area contributed by atoms with Crippen LogP contribution in [-0.4, -0.2) is 23.1 Å². The van der Waals surface area contributed by atoms with Crippen LogP contribution in [0.3, 0.4) is 0 Å². The van der Waals surface area contributed by atoms with Crippen LogP contribution in [0.2, 0.25) is 0 Å². The summed E-state index contributed by atoms with van der Waals surface area (Å²) in [5, 5.41) is 4.51. The summed E-state index contributed by atoms with van der Waals surface area (Å²) in [6.45, 7) is 9.18. The Bertz CT molecular complexity index is 520. The molecule has 0 fully saturated rings. The van der Waals surface area contributed by atoms with Crippen molar-refractivity contribution >= 4 is 22.2 Å². The largest absolute Gasteiger partial charge is 0.379 e. The average Bonchev–Trinajstić information content (AvgIpc) is 2.88. The number of hydrogen-bond donors (Lipinski definition) is 1. The van der Waals surface area contributed by atoms with Crippen molar-refractivity contribution in [2.75, 3.05) is 23.3 Å². The van der Waals surface area contributed by atoms with Crippen molar-refractivity contribution in [3.05, 3.63) is 35.1 Å². The molecule has 0 aliphatic rings. The molecule has 0 aliphatic heterocycles. The molecule has 19 heavy (non-hydrogen) atoms. The number of pyridine rings is 1. The molecule has 2 aromatic heterocycles. The lowest BCUT2D eigenvalue weighted by Crippen LogP contribution is -2.21. The zero-order valence-corrected chi connectivity index (χ0v) is 12.5. The summed E-state index contributed by atoms with van der Waals surface area (Å²) in [6.07, 6.45) is 5.63. The Balaban J connectivity index is 1.99. The zero-order valence-electron chi connectivity index (χ0n) is 11.7. The number of thiazole rings is 1. The van der Waals surface area contributed by atoms with E-state index >= 15 is 0 Å². The van der Waals surface area contributed by atoms with Gasteiger partial charge in [-0.3, -0.25) is 4.98 Å². The van der Waals surface area contributed by atoms with Crippen molar-refractivity contribution < 1.29 is 0 Å². The summed E-state index contributed by atoms with van der Waals surface area (Å²) < 4.78 is 0. The highest BCUT2D eigenvalue weighted by Gasteiger charge is 2.07. The van der Waals surface area contributed by atoms with Crippen LogP contribution in [0.15, 0.2) is 24.7 Å². The lowest BCUT2D eigenvalue weighted by molar-refractivity contribution is 0.860. The second-order valence-corrected chi connectivity index (χ2v) is 5.42. The van der Waals surface area contributed by atoms with Crippen molar-refractivity contribution in [3.63, 3.8) is 0 Å². The van der Waals surface area contributed by atoms with E-state index in [1.54, 1.807) is 11.3 Å². The molecule has 0 bridgehead atoms. The molecule has 2 aromatic rings. The molecule has 0 amide bonds. The Kier molecular flexibility index (Phi) is 4.74. The van der Waals surface area contributed by atoms with Crippen LogP contribution < -0.4 is 10.2 Å². The molecule has 0 aromatic carbocycles. The predicted octanol–water partition coefficient (Wildman–Crippen LogP) is 3.30. The first-order valence-corrected chi connectivity index (χ1v) is 7.40. The number of rotatable bonds is 6. The number of aryl methyl sites for hydroxylation is 1. The van der Waals surface area contributed by atoms with Gasteiger partial charge in [0.15, 0.2) is 5.13 Å². The normalized spacial score (nSPS) is 10.5. The van der Waals surface area contributed by atoms with E-state index in [0.717, 1.165) is 30.5 Å². The van der Waals surface area contributed by atoms with Crippen molar-refractivity contribution in [1.82, 2.24) is 9.97 Å². The molecule has 0 unspecified atom stereocenters. The van der Waals surface area contributed by atoms with Crippen molar-refractivity contribution in [1.29, 1.82) is 0 Å². The van der Waals surface area contributed by atoms with Gasteiger partial charge in [0.2, 0.25) is 0 Å². The van der Waals surface area contributed by atoms with Gasteiger partial charge in [-0.05, 0) is 32.4 Å². The molecule has 0 atom stereocenters. The van der Waals surface area contributed by atoms with Crippen LogP contribution in [0, 0.1) is 6.92 Å². The van der Waals surface area contributed by atoms with Crippen LogP contribution in [-0.2, 0) is 6.54 Å². The lowest BCUT2D eigenvalue weighted by Gasteiger charge is -2.16. The highest BCUT2D eigenvalue weighted by atomic mass is 32.1. The van der Waals surface area contributed by atoms with E-state index in [1.165, 1.54) is 10.4 Å². The molecule has 0 saturated carbocycles. The molecular weight excluding hydrogens is 256 g/mol. The first kappa shape index (κ1) is 13.8. The first-order valence-electron chi connectivity index (χ1n) is 6.58. The highest BCUT2D eigenvalue weighted by Crippen LogP contribution is 2.23. The topological polar surface area (TPSA) is 41.1 Å². The minimum atomic E-state index is 0.797. The summed E-state index contributed by atoms with van der Waals surface area (Å²) in [7, 11) is 0. The highest BCUT2D eigenvalue weighted by molar-refractivity contribution is 7.15. The smallest absolute Gasteiger partial charge is 0.185 e. The Morgan fingerprint density at radius 1 is 1.26 bits per heavy atom. The second-order valence-electron chi connectivity index (χ2n) is 4.33. The summed E-state index contributed by atoms with van der Waals surface area (Å²) in [5.74, 6) is 0. The SMILES string of the molecule is CCN(CC)c1ncc(CNc2cnccc2C)s1. The van der Waals surface area contributed by atoms with Crippen LogP contribution in [0.4, 0.5) is 10.8 Å². The molecule has 102 valence electrons. The molecule has 1 N–H and O–H groups in total. The van der Waals surface area contributed by atoms with Gasteiger partial charge in [-0.25, -0.2) is 4.98 Å². The van der Waals surface area contributed by atoms with E-state index < -0.39 is 0 Å². The molecule has 5 heteroatoms. The van der Waals surface area contributed by atoms with Gasteiger partial charge in [-0.2, -0.15) is 0 Å². The molecule has 2 heterocycles. The number of nitrogens with zero attached hydrogens (tertiary/aromatic N) is 3. The van der Waals surface area contributed by atoms with Gasteiger partial charge in [0.25, 0.3) is 0 Å². The van der Waals surface area contributed by atoms with Gasteiger partial charge >= 0.3 is 0 Å². The molecule has 4 nitrogen and oxygen atoms in total. The number of aromatic nitrogens is 2. The van der Waals surface area contributed by atoms with Gasteiger partial charge in [0.05, 0.1) is 18.4 Å². The van der Waals surface area contributed by atoms with E-state index in [4.69, 9.17) is 0 Å². The van der Waals surface area contributed by atoms with Gasteiger partial charge < -0.3 is 10.2 Å². The van der Waals surface area contributed by atoms with E-state index in [-0.39, 0.29) is 0 Å². The third kappa shape index (κ3) is 3.44. The fourth-order valence-electron chi connectivity index (χ4n) is 1.85. The van der Waals surface area contributed by atoms with Gasteiger partial charge in [-0.15, -0.1) is 11.3 Å². The van der Waals surface area contributed by atoms with E-state index in [0.29, 0.717) is 0 Å². The quantitative estimate of drug-likeness (QED) is 0.879. The number of nitrogens with one attached hydrogen (secondary N) is 1. The number of hydrogen-bond acceptors (Lipinski definition) is 5. The minimum absolute atomic E-state index is 0.797. The summed E-state index contributed by atoms with van der Waals surface area (Å²) >= 11 is 1.75. The lowest BCUT2D eigenvalue weighted by atomic mass is 10.2. The van der Waals surface area contributed by atoms with Crippen LogP contribution in [0.25, 0.3) is 0 Å². The maximum absolute atomic E-state index is 4.48. The number of anilines is 2.